The van der Waals surface area contributed by atoms with Gasteiger partial charge in [0.2, 0.25) is 5.91 Å². The minimum absolute atomic E-state index is 0.195. The van der Waals surface area contributed by atoms with Crippen LogP contribution in [0, 0.1) is 11.3 Å². The molecule has 1 saturated heterocycles. The second-order valence-electron chi connectivity index (χ2n) is 9.16. The topological polar surface area (TPSA) is 121 Å². The van der Waals surface area contributed by atoms with Crippen LogP contribution in [0.25, 0.3) is 10.9 Å². The number of nitrogens with zero attached hydrogens (tertiary/aromatic N) is 3. The zero-order valence-corrected chi connectivity index (χ0v) is 22.5. The molecule has 4 aromatic rings. The van der Waals surface area contributed by atoms with Crippen molar-refractivity contribution in [3.05, 3.63) is 89.4 Å². The fourth-order valence-corrected chi connectivity index (χ4v) is 4.67. The molecule has 1 fully saturated rings. The van der Waals surface area contributed by atoms with E-state index < -0.39 is 0 Å². The van der Waals surface area contributed by atoms with Gasteiger partial charge in [-0.05, 0) is 55.8 Å². The summed E-state index contributed by atoms with van der Waals surface area (Å²) in [7, 11) is 1.53. The van der Waals surface area contributed by atoms with E-state index in [1.165, 1.54) is 19.4 Å². The van der Waals surface area contributed by atoms with Gasteiger partial charge in [-0.2, -0.15) is 5.26 Å². The standard InChI is InChI=1S/C30H27ClN6O3/c1-39-28-15-25-23(14-26(28)37-29(38)10-8-20-6-4-12-33-20)30(19(16-32)17-35-25)36-21-7-9-27(24(31)13-21)40-18-22-5-2-3-11-34-22/h2-3,5,7-11,13-15,17,20,33H,4,6,12,18H2,1H3,(H,35,36)(H,37,38)/b10-8+. The highest BCUT2D eigenvalue weighted by molar-refractivity contribution is 6.32. The Morgan fingerprint density at radius 1 is 1.23 bits per heavy atom. The van der Waals surface area contributed by atoms with Crippen LogP contribution in [0.15, 0.2) is 73.1 Å². The van der Waals surface area contributed by atoms with Crippen molar-refractivity contribution < 1.29 is 14.3 Å². The Bertz CT molecular complexity index is 1600. The van der Waals surface area contributed by atoms with Gasteiger partial charge in [-0.25, -0.2) is 0 Å². The fraction of sp³-hybridized carbons (Fsp3) is 0.200. The molecule has 0 bridgehead atoms. The Kier molecular flexibility index (Phi) is 8.40. The third-order valence-corrected chi connectivity index (χ3v) is 6.74. The summed E-state index contributed by atoms with van der Waals surface area (Å²) in [6, 6.07) is 16.7. The Labute approximate surface area is 236 Å². The number of fused-ring (bicyclic) bond motifs is 1. The zero-order valence-electron chi connectivity index (χ0n) is 21.8. The molecule has 10 heteroatoms. The second kappa shape index (κ2) is 12.5. The highest BCUT2D eigenvalue weighted by atomic mass is 35.5. The van der Waals surface area contributed by atoms with Crippen LogP contribution in [0.3, 0.4) is 0 Å². The van der Waals surface area contributed by atoms with Crippen molar-refractivity contribution in [2.75, 3.05) is 24.3 Å². The molecule has 0 aliphatic carbocycles. The summed E-state index contributed by atoms with van der Waals surface area (Å²) >= 11 is 6.51. The molecule has 202 valence electrons. The summed E-state index contributed by atoms with van der Waals surface area (Å²) in [6.07, 6.45) is 8.68. The van der Waals surface area contributed by atoms with Crippen molar-refractivity contribution in [3.63, 3.8) is 0 Å². The molecule has 1 atom stereocenters. The van der Waals surface area contributed by atoms with Gasteiger partial charge >= 0.3 is 0 Å². The van der Waals surface area contributed by atoms with Gasteiger partial charge in [0.15, 0.2) is 0 Å². The van der Waals surface area contributed by atoms with Crippen molar-refractivity contribution in [1.82, 2.24) is 15.3 Å². The van der Waals surface area contributed by atoms with E-state index in [9.17, 15) is 10.1 Å². The highest BCUT2D eigenvalue weighted by Crippen LogP contribution is 2.37. The highest BCUT2D eigenvalue weighted by Gasteiger charge is 2.16. The number of carbonyl (C=O) groups is 1. The lowest BCUT2D eigenvalue weighted by Crippen LogP contribution is -2.19. The SMILES string of the molecule is COc1cc2ncc(C#N)c(Nc3ccc(OCc4ccccn4)c(Cl)c3)c2cc1NC(=O)/C=C/C1CCCN1. The summed E-state index contributed by atoms with van der Waals surface area (Å²) < 4.78 is 11.3. The molecule has 2 aromatic carbocycles. The molecule has 1 aliphatic heterocycles. The lowest BCUT2D eigenvalue weighted by molar-refractivity contribution is -0.111. The number of aromatic nitrogens is 2. The maximum Gasteiger partial charge on any atom is 0.248 e. The molecular formula is C30H27ClN6O3. The molecule has 40 heavy (non-hydrogen) atoms. The number of hydrogen-bond donors (Lipinski definition) is 3. The van der Waals surface area contributed by atoms with Crippen molar-refractivity contribution >= 4 is 45.5 Å². The van der Waals surface area contributed by atoms with E-state index in [0.29, 0.717) is 50.1 Å². The normalized spacial score (nSPS) is 14.7. The number of hydrogen-bond acceptors (Lipinski definition) is 8. The van der Waals surface area contributed by atoms with Gasteiger partial charge in [0, 0.05) is 41.7 Å². The molecule has 3 N–H and O–H groups in total. The van der Waals surface area contributed by atoms with Crippen LogP contribution in [0.2, 0.25) is 5.02 Å². The zero-order chi connectivity index (χ0) is 27.9. The number of ether oxygens (including phenoxy) is 2. The molecule has 1 amide bonds. The molecule has 1 unspecified atom stereocenters. The van der Waals surface area contributed by atoms with Crippen molar-refractivity contribution in [1.29, 1.82) is 5.26 Å². The van der Waals surface area contributed by atoms with E-state index in [1.807, 2.05) is 24.3 Å². The van der Waals surface area contributed by atoms with Crippen molar-refractivity contribution in [2.24, 2.45) is 0 Å². The number of benzene rings is 2. The van der Waals surface area contributed by atoms with E-state index >= 15 is 0 Å². The van der Waals surface area contributed by atoms with E-state index in [-0.39, 0.29) is 18.6 Å². The number of anilines is 3. The summed E-state index contributed by atoms with van der Waals surface area (Å²) in [5, 5.41) is 20.4. The average molecular weight is 555 g/mol. The fourth-order valence-electron chi connectivity index (χ4n) is 4.43. The molecule has 2 aromatic heterocycles. The number of rotatable bonds is 9. The van der Waals surface area contributed by atoms with Gasteiger partial charge in [0.05, 0.1) is 40.3 Å². The van der Waals surface area contributed by atoms with Crippen LogP contribution >= 0.6 is 11.6 Å². The number of nitriles is 1. The van der Waals surface area contributed by atoms with Gasteiger partial charge in [-0.15, -0.1) is 0 Å². The van der Waals surface area contributed by atoms with E-state index in [2.05, 4.69) is 32.0 Å². The summed E-state index contributed by atoms with van der Waals surface area (Å²) in [6.45, 7) is 1.23. The first-order chi connectivity index (χ1) is 19.5. The summed E-state index contributed by atoms with van der Waals surface area (Å²) in [5.41, 5.74) is 3.33. The van der Waals surface area contributed by atoms with Crippen LogP contribution in [-0.4, -0.2) is 35.6 Å². The summed E-state index contributed by atoms with van der Waals surface area (Å²) in [4.78, 5) is 21.4. The molecular weight excluding hydrogens is 528 g/mol. The van der Waals surface area contributed by atoms with Crippen LogP contribution in [-0.2, 0) is 11.4 Å². The molecule has 5 rings (SSSR count). The van der Waals surface area contributed by atoms with Crippen LogP contribution in [0.1, 0.15) is 24.1 Å². The van der Waals surface area contributed by atoms with Crippen molar-refractivity contribution in [3.8, 4) is 17.6 Å². The number of methoxy groups -OCH3 is 1. The first-order valence-electron chi connectivity index (χ1n) is 12.8. The van der Waals surface area contributed by atoms with Crippen molar-refractivity contribution in [2.45, 2.75) is 25.5 Å². The van der Waals surface area contributed by atoms with Gasteiger partial charge < -0.3 is 25.4 Å². The first-order valence-corrected chi connectivity index (χ1v) is 13.1. The van der Waals surface area contributed by atoms with Crippen LogP contribution < -0.4 is 25.4 Å². The lowest BCUT2D eigenvalue weighted by atomic mass is 10.1. The van der Waals surface area contributed by atoms with Gasteiger partial charge in [0.25, 0.3) is 0 Å². The molecule has 9 nitrogen and oxygen atoms in total. The Morgan fingerprint density at radius 3 is 2.85 bits per heavy atom. The number of nitrogens with one attached hydrogen (secondary N) is 3. The van der Waals surface area contributed by atoms with Gasteiger partial charge in [0.1, 0.15) is 24.2 Å². The minimum atomic E-state index is -0.279. The third kappa shape index (κ3) is 6.31. The molecule has 0 radical (unpaired) electrons. The average Bonchev–Trinajstić information content (AvgIpc) is 3.50. The Hall–Kier alpha value is -4.65. The quantitative estimate of drug-likeness (QED) is 0.224. The molecule has 0 spiro atoms. The maximum absolute atomic E-state index is 12.7. The number of carbonyl (C=O) groups excluding carboxylic acids is 1. The number of halogens is 1. The van der Waals surface area contributed by atoms with Gasteiger partial charge in [-0.3, -0.25) is 14.8 Å². The predicted octanol–water partition coefficient (Wildman–Crippen LogP) is 5.73. The first kappa shape index (κ1) is 26.9. The predicted molar refractivity (Wildman–Crippen MR) is 155 cm³/mol. The van der Waals surface area contributed by atoms with Crippen LogP contribution in [0.5, 0.6) is 11.5 Å². The smallest absolute Gasteiger partial charge is 0.248 e. The monoisotopic (exact) mass is 554 g/mol. The summed E-state index contributed by atoms with van der Waals surface area (Å²) in [5.74, 6) is 0.681. The van der Waals surface area contributed by atoms with E-state index in [0.717, 1.165) is 25.1 Å². The second-order valence-corrected chi connectivity index (χ2v) is 9.57. The Balaban J connectivity index is 1.41. The lowest BCUT2D eigenvalue weighted by Gasteiger charge is -2.16. The Morgan fingerprint density at radius 2 is 2.12 bits per heavy atom. The minimum Gasteiger partial charge on any atom is -0.494 e. The largest absolute Gasteiger partial charge is 0.494 e. The van der Waals surface area contributed by atoms with Crippen LogP contribution in [0.4, 0.5) is 17.1 Å². The third-order valence-electron chi connectivity index (χ3n) is 6.45. The van der Waals surface area contributed by atoms with Gasteiger partial charge in [-0.1, -0.05) is 23.7 Å². The number of amides is 1. The molecule has 3 heterocycles. The van der Waals surface area contributed by atoms with E-state index in [4.69, 9.17) is 21.1 Å². The molecule has 1 aliphatic rings. The molecule has 0 saturated carbocycles. The number of pyridine rings is 2. The maximum atomic E-state index is 12.7. The van der Waals surface area contributed by atoms with E-state index in [1.54, 1.807) is 36.5 Å².